The van der Waals surface area contributed by atoms with Gasteiger partial charge in [-0.3, -0.25) is 9.35 Å². The first-order valence-electron chi connectivity index (χ1n) is 16.9. The van der Waals surface area contributed by atoms with Gasteiger partial charge in [-0.25, -0.2) is 0 Å². The Balaban J connectivity index is 3.79. The summed E-state index contributed by atoms with van der Waals surface area (Å²) in [5.41, 5.74) is 0. The summed E-state index contributed by atoms with van der Waals surface area (Å²) in [5.74, 6) is -0.901. The van der Waals surface area contributed by atoms with Crippen molar-refractivity contribution in [3.8, 4) is 0 Å². The number of nitrogens with one attached hydrogen (secondary N) is 1. The van der Waals surface area contributed by atoms with Crippen LogP contribution in [0.2, 0.25) is 0 Å². The summed E-state index contributed by atoms with van der Waals surface area (Å²) in [6.45, 7) is 4.42. The lowest BCUT2D eigenvalue weighted by Crippen LogP contribution is -2.47. The molecule has 0 saturated heterocycles. The lowest BCUT2D eigenvalue weighted by atomic mass is 10.0. The van der Waals surface area contributed by atoms with Gasteiger partial charge in [-0.15, -0.1) is 0 Å². The fourth-order valence-electron chi connectivity index (χ4n) is 5.15. The van der Waals surface area contributed by atoms with Crippen LogP contribution in [-0.4, -0.2) is 41.9 Å². The van der Waals surface area contributed by atoms with Crippen LogP contribution in [0.25, 0.3) is 0 Å². The highest BCUT2D eigenvalue weighted by atomic mass is 32.2. The van der Waals surface area contributed by atoms with E-state index in [0.717, 1.165) is 44.9 Å². The molecule has 238 valence electrons. The molecule has 3 N–H and O–H groups in total. The third-order valence-electron chi connectivity index (χ3n) is 7.72. The van der Waals surface area contributed by atoms with Crippen LogP contribution in [0.4, 0.5) is 0 Å². The predicted molar refractivity (Wildman–Crippen MR) is 170 cm³/mol. The highest BCUT2D eigenvalue weighted by Gasteiger charge is 2.26. The molecule has 40 heavy (non-hydrogen) atoms. The van der Waals surface area contributed by atoms with Gasteiger partial charge in [0.1, 0.15) is 0 Å². The van der Waals surface area contributed by atoms with Crippen molar-refractivity contribution in [2.24, 2.45) is 0 Å². The topological polar surface area (TPSA) is 104 Å². The summed E-state index contributed by atoms with van der Waals surface area (Å²) in [6.07, 6.45) is 31.9. The summed E-state index contributed by atoms with van der Waals surface area (Å²) in [5, 5.41) is 13.1. The molecule has 0 aromatic rings. The molecule has 0 radical (unpaired) electrons. The van der Waals surface area contributed by atoms with Crippen molar-refractivity contribution in [1.29, 1.82) is 0 Å². The second kappa shape index (κ2) is 28.2. The van der Waals surface area contributed by atoms with Crippen molar-refractivity contribution < 1.29 is 22.9 Å². The van der Waals surface area contributed by atoms with Crippen molar-refractivity contribution in [1.82, 2.24) is 5.32 Å². The SMILES string of the molecule is CCCCCCCC/C=C\CCCCCCCCCCCC(=O)NC(CS(=O)(=O)O)C(O)CCCCCCCC. The number of hydrogen-bond acceptors (Lipinski definition) is 4. The summed E-state index contributed by atoms with van der Waals surface area (Å²) in [4.78, 5) is 12.4. The van der Waals surface area contributed by atoms with Crippen LogP contribution in [0.5, 0.6) is 0 Å². The first kappa shape index (κ1) is 39.1. The lowest BCUT2D eigenvalue weighted by molar-refractivity contribution is -0.122. The fourth-order valence-corrected chi connectivity index (χ4v) is 5.91. The Morgan fingerprint density at radius 1 is 0.650 bits per heavy atom. The molecule has 0 aromatic heterocycles. The van der Waals surface area contributed by atoms with E-state index in [1.54, 1.807) is 0 Å². The maximum atomic E-state index is 12.4. The average Bonchev–Trinajstić information content (AvgIpc) is 2.90. The van der Waals surface area contributed by atoms with Gasteiger partial charge in [0.25, 0.3) is 10.1 Å². The number of rotatable bonds is 30. The van der Waals surface area contributed by atoms with Crippen molar-refractivity contribution in [3.63, 3.8) is 0 Å². The van der Waals surface area contributed by atoms with Crippen LogP contribution in [0.15, 0.2) is 12.2 Å². The van der Waals surface area contributed by atoms with Gasteiger partial charge in [-0.05, 0) is 38.5 Å². The van der Waals surface area contributed by atoms with Crippen molar-refractivity contribution in [2.45, 2.75) is 187 Å². The van der Waals surface area contributed by atoms with E-state index in [2.05, 4.69) is 31.3 Å². The first-order valence-corrected chi connectivity index (χ1v) is 18.5. The maximum absolute atomic E-state index is 12.4. The number of aliphatic hydroxyl groups excluding tert-OH is 1. The molecule has 1 amide bonds. The zero-order valence-corrected chi connectivity index (χ0v) is 27.0. The molecule has 0 aliphatic rings. The second-order valence-electron chi connectivity index (χ2n) is 11.8. The largest absolute Gasteiger partial charge is 0.391 e. The van der Waals surface area contributed by atoms with Gasteiger partial charge >= 0.3 is 0 Å². The Bertz CT molecular complexity index is 695. The predicted octanol–water partition coefficient (Wildman–Crippen LogP) is 9.07. The van der Waals surface area contributed by atoms with E-state index >= 15 is 0 Å². The Hall–Kier alpha value is -0.920. The van der Waals surface area contributed by atoms with Crippen molar-refractivity contribution in [3.05, 3.63) is 12.2 Å². The summed E-state index contributed by atoms with van der Waals surface area (Å²) >= 11 is 0. The van der Waals surface area contributed by atoms with Crippen LogP contribution in [0.3, 0.4) is 0 Å². The molecule has 0 bridgehead atoms. The van der Waals surface area contributed by atoms with Gasteiger partial charge in [-0.2, -0.15) is 8.42 Å². The number of carbonyl (C=O) groups excluding carboxylic acids is 1. The Morgan fingerprint density at radius 2 is 1.05 bits per heavy atom. The monoisotopic (exact) mass is 587 g/mol. The Kier molecular flexibility index (Phi) is 27.6. The molecule has 0 saturated carbocycles. The highest BCUT2D eigenvalue weighted by molar-refractivity contribution is 7.85. The Morgan fingerprint density at radius 3 is 1.50 bits per heavy atom. The third kappa shape index (κ3) is 28.6. The van der Waals surface area contributed by atoms with Crippen LogP contribution >= 0.6 is 0 Å². The quantitative estimate of drug-likeness (QED) is 0.0442. The van der Waals surface area contributed by atoms with Gasteiger partial charge in [-0.1, -0.05) is 142 Å². The van der Waals surface area contributed by atoms with E-state index in [-0.39, 0.29) is 5.91 Å². The molecule has 2 atom stereocenters. The number of unbranched alkanes of at least 4 members (excludes halogenated alkanes) is 20. The van der Waals surface area contributed by atoms with Gasteiger partial charge in [0.05, 0.1) is 17.9 Å². The van der Waals surface area contributed by atoms with E-state index in [4.69, 9.17) is 0 Å². The molecule has 0 fully saturated rings. The van der Waals surface area contributed by atoms with E-state index in [1.165, 1.54) is 103 Å². The molecule has 0 aliphatic carbocycles. The van der Waals surface area contributed by atoms with E-state index in [1.807, 2.05) is 0 Å². The maximum Gasteiger partial charge on any atom is 0.266 e. The Labute approximate surface area is 248 Å². The third-order valence-corrected chi connectivity index (χ3v) is 8.50. The number of allylic oxidation sites excluding steroid dienone is 2. The van der Waals surface area contributed by atoms with Crippen molar-refractivity contribution >= 4 is 16.0 Å². The molecular formula is C33H65NO5S. The molecule has 6 nitrogen and oxygen atoms in total. The van der Waals surface area contributed by atoms with E-state index < -0.39 is 28.0 Å². The molecule has 0 heterocycles. The summed E-state index contributed by atoms with van der Waals surface area (Å²) < 4.78 is 32.1. The zero-order valence-electron chi connectivity index (χ0n) is 26.2. The molecular weight excluding hydrogens is 522 g/mol. The lowest BCUT2D eigenvalue weighted by Gasteiger charge is -2.23. The fraction of sp³-hybridized carbons (Fsp3) is 0.909. The van der Waals surface area contributed by atoms with Crippen LogP contribution in [-0.2, 0) is 14.9 Å². The summed E-state index contributed by atoms with van der Waals surface area (Å²) in [7, 11) is -4.29. The van der Waals surface area contributed by atoms with Crippen LogP contribution in [0, 0.1) is 0 Å². The van der Waals surface area contributed by atoms with Crippen LogP contribution in [0.1, 0.15) is 174 Å². The first-order chi connectivity index (χ1) is 19.3. The molecule has 0 aromatic carbocycles. The zero-order chi connectivity index (χ0) is 29.7. The minimum absolute atomic E-state index is 0.253. The average molecular weight is 588 g/mol. The highest BCUT2D eigenvalue weighted by Crippen LogP contribution is 2.14. The molecule has 2 unspecified atom stereocenters. The van der Waals surface area contributed by atoms with Crippen molar-refractivity contribution in [2.75, 3.05) is 5.75 Å². The van der Waals surface area contributed by atoms with E-state index in [0.29, 0.717) is 12.8 Å². The standard InChI is InChI=1S/C33H65NO5S/c1-3-5-7-9-11-12-13-14-15-16-17-18-19-20-21-22-23-25-27-29-33(36)34-31(30-40(37,38)39)32(35)28-26-24-10-8-6-4-2/h14-15,31-32,35H,3-13,16-30H2,1-2H3,(H,34,36)(H,37,38,39)/b15-14-. The van der Waals surface area contributed by atoms with E-state index in [9.17, 15) is 22.9 Å². The smallest absolute Gasteiger partial charge is 0.266 e. The molecule has 0 spiro atoms. The van der Waals surface area contributed by atoms with Gasteiger partial charge in [0.15, 0.2) is 0 Å². The molecule has 7 heteroatoms. The molecule has 0 aliphatic heterocycles. The number of carbonyl (C=O) groups is 1. The second-order valence-corrected chi connectivity index (χ2v) is 13.3. The number of aliphatic hydroxyl groups is 1. The normalized spacial score (nSPS) is 13.6. The van der Waals surface area contributed by atoms with Gasteiger partial charge in [0, 0.05) is 6.42 Å². The number of hydrogen-bond donors (Lipinski definition) is 3. The minimum Gasteiger partial charge on any atom is -0.391 e. The van der Waals surface area contributed by atoms with Crippen LogP contribution < -0.4 is 5.32 Å². The number of amides is 1. The van der Waals surface area contributed by atoms with Gasteiger partial charge < -0.3 is 10.4 Å². The minimum atomic E-state index is -4.29. The summed E-state index contributed by atoms with van der Waals surface area (Å²) in [6, 6.07) is -0.964. The molecule has 0 rings (SSSR count). The van der Waals surface area contributed by atoms with Gasteiger partial charge in [0.2, 0.25) is 5.91 Å².